The maximum atomic E-state index is 8.97. The molecule has 0 radical (unpaired) electrons. The Labute approximate surface area is 84.6 Å². The predicted molar refractivity (Wildman–Crippen MR) is 53.0 cm³/mol. The molecule has 88 valence electrons. The first kappa shape index (κ1) is 16.2. The van der Waals surface area contributed by atoms with Crippen molar-refractivity contribution in [1.82, 2.24) is 0 Å². The van der Waals surface area contributed by atoms with Gasteiger partial charge in [-0.25, -0.2) is 5.14 Å². The largest absolute Gasteiger partial charge is 0.396 e. The van der Waals surface area contributed by atoms with Gasteiger partial charge in [-0.05, 0) is 12.8 Å². The van der Waals surface area contributed by atoms with E-state index in [2.05, 4.69) is 5.14 Å². The van der Waals surface area contributed by atoms with Crippen LogP contribution < -0.4 is 5.14 Å². The zero-order chi connectivity index (χ0) is 11.4. The molecule has 0 aromatic carbocycles. The second kappa shape index (κ2) is 10.9. The summed E-state index contributed by atoms with van der Waals surface area (Å²) in [6, 6.07) is 0. The van der Waals surface area contributed by atoms with E-state index < -0.39 is 10.3 Å². The van der Waals surface area contributed by atoms with Crippen molar-refractivity contribution >= 4 is 10.3 Å². The van der Waals surface area contributed by atoms with Crippen molar-refractivity contribution in [3.8, 4) is 0 Å². The van der Waals surface area contributed by atoms with Gasteiger partial charge >= 0.3 is 10.3 Å². The lowest BCUT2D eigenvalue weighted by atomic mass is 10.2. The van der Waals surface area contributed by atoms with Gasteiger partial charge in [-0.15, -0.1) is 0 Å². The number of hydrogen-bond donors (Lipinski definition) is 4. The molecule has 0 fully saturated rings. The molecule has 0 heterocycles. The number of aliphatic hydroxyl groups is 2. The number of aliphatic hydroxyl groups excluding tert-OH is 2. The molecule has 14 heavy (non-hydrogen) atoms. The van der Waals surface area contributed by atoms with Crippen molar-refractivity contribution in [2.24, 2.45) is 5.14 Å². The summed E-state index contributed by atoms with van der Waals surface area (Å²) in [4.78, 5) is 0. The van der Waals surface area contributed by atoms with Crippen LogP contribution >= 0.6 is 0 Å². The third-order valence-corrected chi connectivity index (χ3v) is 1.32. The fraction of sp³-hybridized carbons (Fsp3) is 1.00. The lowest BCUT2D eigenvalue weighted by molar-refractivity contribution is 0.272. The molecule has 5 N–H and O–H groups in total. The van der Waals surface area contributed by atoms with Gasteiger partial charge in [0.15, 0.2) is 0 Å². The monoisotopic (exact) mass is 229 g/mol. The zero-order valence-corrected chi connectivity index (χ0v) is 8.91. The molecule has 0 saturated heterocycles. The van der Waals surface area contributed by atoms with E-state index >= 15 is 0 Å². The van der Waals surface area contributed by atoms with Gasteiger partial charge < -0.3 is 10.2 Å². The van der Waals surface area contributed by atoms with Crippen LogP contribution in [0.25, 0.3) is 0 Å². The summed E-state index contributed by atoms with van der Waals surface area (Å²) in [7, 11) is -4.17. The quantitative estimate of drug-likeness (QED) is 0.367. The number of hydrogen-bond acceptors (Lipinski definition) is 4. The Kier molecular flexibility index (Phi) is 12.6. The first-order valence-corrected chi connectivity index (χ1v) is 5.89. The van der Waals surface area contributed by atoms with Gasteiger partial charge in [0.05, 0.1) is 0 Å². The third kappa shape index (κ3) is 40.9. The van der Waals surface area contributed by atoms with Crippen molar-refractivity contribution in [3.63, 3.8) is 0 Å². The molecule has 0 aliphatic rings. The van der Waals surface area contributed by atoms with E-state index in [4.69, 9.17) is 23.2 Å². The van der Waals surface area contributed by atoms with Crippen molar-refractivity contribution in [2.75, 3.05) is 13.2 Å². The molecule has 7 heteroatoms. The molecule has 0 aliphatic heterocycles. The fourth-order valence-corrected chi connectivity index (χ4v) is 0.754. The summed E-state index contributed by atoms with van der Waals surface area (Å²) < 4.78 is 25.2. The van der Waals surface area contributed by atoms with E-state index in [1.807, 2.05) is 0 Å². The normalized spacial score (nSPS) is 10.6. The van der Waals surface area contributed by atoms with Crippen LogP contribution in [0.3, 0.4) is 0 Å². The topological polar surface area (TPSA) is 121 Å². The molecule has 0 rings (SSSR count). The van der Waals surface area contributed by atoms with Gasteiger partial charge in [-0.1, -0.05) is 19.3 Å². The van der Waals surface area contributed by atoms with Crippen LogP contribution in [0.15, 0.2) is 0 Å². The highest BCUT2D eigenvalue weighted by Gasteiger charge is 1.86. The maximum Gasteiger partial charge on any atom is 0.330 e. The molecule has 0 atom stereocenters. The molecular weight excluding hydrogens is 210 g/mol. The van der Waals surface area contributed by atoms with Crippen LogP contribution in [0.2, 0.25) is 0 Å². The minimum Gasteiger partial charge on any atom is -0.396 e. The lowest BCUT2D eigenvalue weighted by Gasteiger charge is -1.95. The molecule has 0 unspecified atom stereocenters. The molecule has 0 aliphatic carbocycles. The molecule has 0 spiro atoms. The molecule has 0 aromatic rings. The average molecular weight is 229 g/mol. The standard InChI is InChI=1S/C7H16O2.H3NO3S/c8-6-4-2-1-3-5-7-9;1-5(2,3)4/h8-9H,1-7H2;(H3,1,2,3,4). The van der Waals surface area contributed by atoms with E-state index in [0.717, 1.165) is 32.1 Å². The van der Waals surface area contributed by atoms with E-state index in [-0.39, 0.29) is 0 Å². The van der Waals surface area contributed by atoms with Crippen LogP contribution in [0.1, 0.15) is 32.1 Å². The van der Waals surface area contributed by atoms with Crippen LogP contribution in [0.5, 0.6) is 0 Å². The highest BCUT2D eigenvalue weighted by atomic mass is 32.2. The Morgan fingerprint density at radius 2 is 1.07 bits per heavy atom. The molecule has 0 saturated carbocycles. The van der Waals surface area contributed by atoms with Crippen LogP contribution in [-0.2, 0) is 10.3 Å². The Morgan fingerprint density at radius 1 is 0.857 bits per heavy atom. The minimum absolute atomic E-state index is 0.305. The Hall–Kier alpha value is -0.210. The number of unbranched alkanes of at least 4 members (excludes halogenated alkanes) is 4. The number of rotatable bonds is 6. The van der Waals surface area contributed by atoms with Gasteiger partial charge in [0.2, 0.25) is 0 Å². The Bertz CT molecular complexity index is 178. The Balaban J connectivity index is 0. The first-order chi connectivity index (χ1) is 6.41. The van der Waals surface area contributed by atoms with Crippen molar-refractivity contribution in [3.05, 3.63) is 0 Å². The van der Waals surface area contributed by atoms with Crippen molar-refractivity contribution in [1.29, 1.82) is 0 Å². The summed E-state index contributed by atoms with van der Waals surface area (Å²) in [6.07, 6.45) is 5.14. The smallest absolute Gasteiger partial charge is 0.330 e. The first-order valence-electron chi connectivity index (χ1n) is 4.38. The van der Waals surface area contributed by atoms with Gasteiger partial charge in [0, 0.05) is 13.2 Å². The van der Waals surface area contributed by atoms with Crippen molar-refractivity contribution in [2.45, 2.75) is 32.1 Å². The maximum absolute atomic E-state index is 8.97. The van der Waals surface area contributed by atoms with Gasteiger partial charge in [0.1, 0.15) is 0 Å². The third-order valence-electron chi connectivity index (χ3n) is 1.32. The van der Waals surface area contributed by atoms with Gasteiger partial charge in [-0.2, -0.15) is 8.42 Å². The number of nitrogens with two attached hydrogens (primary N) is 1. The van der Waals surface area contributed by atoms with Gasteiger partial charge in [-0.3, -0.25) is 4.55 Å². The molecule has 0 aromatic heterocycles. The summed E-state index contributed by atoms with van der Waals surface area (Å²) in [5, 5.41) is 20.6. The lowest BCUT2D eigenvalue weighted by Crippen LogP contribution is -2.08. The fourth-order valence-electron chi connectivity index (χ4n) is 0.754. The summed E-state index contributed by atoms with van der Waals surface area (Å²) >= 11 is 0. The summed E-state index contributed by atoms with van der Waals surface area (Å²) in [6.45, 7) is 0.609. The predicted octanol–water partition coefficient (Wildman–Crippen LogP) is -0.331. The van der Waals surface area contributed by atoms with E-state index in [1.165, 1.54) is 0 Å². The average Bonchev–Trinajstić information content (AvgIpc) is 2.01. The SMILES string of the molecule is NS(=O)(=O)O.OCCCCCCCO. The molecular formula is C7H19NO5S. The van der Waals surface area contributed by atoms with E-state index in [1.54, 1.807) is 0 Å². The summed E-state index contributed by atoms with van der Waals surface area (Å²) in [5.41, 5.74) is 0. The molecule has 6 nitrogen and oxygen atoms in total. The van der Waals surface area contributed by atoms with Gasteiger partial charge in [0.25, 0.3) is 0 Å². The molecule has 0 bridgehead atoms. The minimum atomic E-state index is -4.17. The summed E-state index contributed by atoms with van der Waals surface area (Å²) in [5.74, 6) is 0. The van der Waals surface area contributed by atoms with E-state index in [9.17, 15) is 0 Å². The second-order valence-corrected chi connectivity index (χ2v) is 3.76. The highest BCUT2D eigenvalue weighted by Crippen LogP contribution is 2.00. The molecule has 0 amide bonds. The Morgan fingerprint density at radius 3 is 1.29 bits per heavy atom. The van der Waals surface area contributed by atoms with Crippen molar-refractivity contribution < 1.29 is 23.2 Å². The zero-order valence-electron chi connectivity index (χ0n) is 8.09. The van der Waals surface area contributed by atoms with E-state index in [0.29, 0.717) is 13.2 Å². The van der Waals surface area contributed by atoms with Crippen LogP contribution in [0, 0.1) is 0 Å². The second-order valence-electron chi connectivity index (χ2n) is 2.73. The van der Waals surface area contributed by atoms with Crippen LogP contribution in [0.4, 0.5) is 0 Å². The highest BCUT2D eigenvalue weighted by molar-refractivity contribution is 7.83. The van der Waals surface area contributed by atoms with Crippen LogP contribution in [-0.4, -0.2) is 36.4 Å².